The van der Waals surface area contributed by atoms with Crippen LogP contribution in [0.25, 0.3) is 10.9 Å². The molecule has 140 valence electrons. The highest BCUT2D eigenvalue weighted by Crippen LogP contribution is 2.35. The molecule has 5 heteroatoms. The smallest absolute Gasteiger partial charge is 0.223 e. The Bertz CT molecular complexity index is 943. The molecule has 1 unspecified atom stereocenters. The number of amides is 1. The highest BCUT2D eigenvalue weighted by atomic mass is 19.1. The van der Waals surface area contributed by atoms with Gasteiger partial charge in [-0.2, -0.15) is 0 Å². The van der Waals surface area contributed by atoms with Gasteiger partial charge in [0, 0.05) is 49.6 Å². The highest BCUT2D eigenvalue weighted by Gasteiger charge is 2.25. The number of hydrogen-bond acceptors (Lipinski definition) is 2. The second kappa shape index (κ2) is 7.53. The summed E-state index contributed by atoms with van der Waals surface area (Å²) in [5, 5.41) is 1.13. The quantitative estimate of drug-likeness (QED) is 0.706. The van der Waals surface area contributed by atoms with Crippen LogP contribution in [0.2, 0.25) is 0 Å². The first-order valence-electron chi connectivity index (χ1n) is 9.28. The van der Waals surface area contributed by atoms with Crippen molar-refractivity contribution < 1.29 is 13.9 Å². The van der Waals surface area contributed by atoms with E-state index in [9.17, 15) is 9.18 Å². The molecule has 1 fully saturated rings. The van der Waals surface area contributed by atoms with Crippen molar-refractivity contribution in [1.29, 1.82) is 0 Å². The molecule has 0 radical (unpaired) electrons. The maximum atomic E-state index is 13.5. The molecule has 1 saturated heterocycles. The SMILES string of the molecule is Cn1cc(C(CC(=O)N2CCOCC2)c2ccc(F)cc2)c2ccccc21. The molecule has 0 bridgehead atoms. The molecular formula is C22H23FN2O2. The van der Waals surface area contributed by atoms with Crippen molar-refractivity contribution in [2.75, 3.05) is 26.3 Å². The Labute approximate surface area is 158 Å². The van der Waals surface area contributed by atoms with E-state index in [0.29, 0.717) is 32.7 Å². The van der Waals surface area contributed by atoms with Crippen molar-refractivity contribution in [3.05, 3.63) is 71.7 Å². The summed E-state index contributed by atoms with van der Waals surface area (Å²) in [6.45, 7) is 2.43. The maximum Gasteiger partial charge on any atom is 0.223 e. The molecule has 0 N–H and O–H groups in total. The Morgan fingerprint density at radius 1 is 1.11 bits per heavy atom. The Morgan fingerprint density at radius 2 is 1.81 bits per heavy atom. The first kappa shape index (κ1) is 17.7. The minimum atomic E-state index is -0.269. The summed E-state index contributed by atoms with van der Waals surface area (Å²) in [7, 11) is 2.01. The molecule has 2 heterocycles. The fraction of sp³-hybridized carbons (Fsp3) is 0.318. The predicted molar refractivity (Wildman–Crippen MR) is 103 cm³/mol. The number of para-hydroxylation sites is 1. The summed E-state index contributed by atoms with van der Waals surface area (Å²) in [5.41, 5.74) is 3.18. The normalized spacial score (nSPS) is 15.9. The van der Waals surface area contributed by atoms with Gasteiger partial charge in [-0.1, -0.05) is 30.3 Å². The molecule has 1 aromatic heterocycles. The van der Waals surface area contributed by atoms with Gasteiger partial charge in [0.25, 0.3) is 0 Å². The Balaban J connectivity index is 1.73. The molecule has 3 aromatic rings. The average Bonchev–Trinajstić information content (AvgIpc) is 3.04. The van der Waals surface area contributed by atoms with Crippen molar-refractivity contribution in [2.24, 2.45) is 7.05 Å². The van der Waals surface area contributed by atoms with Gasteiger partial charge in [0.1, 0.15) is 5.82 Å². The number of fused-ring (bicyclic) bond motifs is 1. The van der Waals surface area contributed by atoms with Gasteiger partial charge in [-0.15, -0.1) is 0 Å². The number of ether oxygens (including phenoxy) is 1. The third-order valence-electron chi connectivity index (χ3n) is 5.32. The molecule has 0 saturated carbocycles. The maximum absolute atomic E-state index is 13.5. The van der Waals surface area contributed by atoms with E-state index in [1.165, 1.54) is 12.1 Å². The van der Waals surface area contributed by atoms with Gasteiger partial charge in [0.2, 0.25) is 5.91 Å². The fourth-order valence-electron chi connectivity index (χ4n) is 3.87. The number of halogens is 1. The standard InChI is InChI=1S/C22H23FN2O2/c1-24-15-20(18-4-2-3-5-21(18)24)19(16-6-8-17(23)9-7-16)14-22(26)25-10-12-27-13-11-25/h2-9,15,19H,10-14H2,1H3. The summed E-state index contributed by atoms with van der Waals surface area (Å²) in [5.74, 6) is -0.275. The molecule has 0 aliphatic carbocycles. The first-order chi connectivity index (χ1) is 13.1. The molecule has 1 atom stereocenters. The minimum absolute atomic E-state index is 0.112. The summed E-state index contributed by atoms with van der Waals surface area (Å²) in [4.78, 5) is 14.8. The Hall–Kier alpha value is -2.66. The van der Waals surface area contributed by atoms with Gasteiger partial charge in [0.15, 0.2) is 0 Å². The number of nitrogens with zero attached hydrogens (tertiary/aromatic N) is 2. The van der Waals surface area contributed by atoms with Gasteiger partial charge in [0.05, 0.1) is 13.2 Å². The van der Waals surface area contributed by atoms with Crippen molar-refractivity contribution in [1.82, 2.24) is 9.47 Å². The molecule has 1 amide bonds. The third-order valence-corrected chi connectivity index (χ3v) is 5.32. The van der Waals surface area contributed by atoms with Crippen molar-refractivity contribution in [3.63, 3.8) is 0 Å². The van der Waals surface area contributed by atoms with Crippen LogP contribution in [0, 0.1) is 5.82 Å². The van der Waals surface area contributed by atoms with E-state index in [1.54, 1.807) is 12.1 Å². The zero-order valence-electron chi connectivity index (χ0n) is 15.4. The monoisotopic (exact) mass is 366 g/mol. The lowest BCUT2D eigenvalue weighted by atomic mass is 9.87. The molecule has 1 aliphatic heterocycles. The molecule has 27 heavy (non-hydrogen) atoms. The minimum Gasteiger partial charge on any atom is -0.378 e. The number of benzene rings is 2. The van der Waals surface area contributed by atoms with Crippen LogP contribution in [-0.4, -0.2) is 41.7 Å². The van der Waals surface area contributed by atoms with Gasteiger partial charge in [-0.05, 0) is 29.3 Å². The average molecular weight is 366 g/mol. The number of carbonyl (C=O) groups is 1. The van der Waals surface area contributed by atoms with Crippen molar-refractivity contribution in [2.45, 2.75) is 12.3 Å². The van der Waals surface area contributed by atoms with Crippen LogP contribution >= 0.6 is 0 Å². The van der Waals surface area contributed by atoms with Gasteiger partial charge in [-0.25, -0.2) is 4.39 Å². The van der Waals surface area contributed by atoms with Crippen molar-refractivity contribution >= 4 is 16.8 Å². The van der Waals surface area contributed by atoms with Crippen molar-refractivity contribution in [3.8, 4) is 0 Å². The lowest BCUT2D eigenvalue weighted by Gasteiger charge is -2.28. The molecule has 4 rings (SSSR count). The summed E-state index contributed by atoms with van der Waals surface area (Å²) >= 11 is 0. The molecular weight excluding hydrogens is 343 g/mol. The van der Waals surface area contributed by atoms with E-state index < -0.39 is 0 Å². The number of carbonyl (C=O) groups excluding carboxylic acids is 1. The molecule has 2 aromatic carbocycles. The number of rotatable bonds is 4. The van der Waals surface area contributed by atoms with E-state index in [1.807, 2.05) is 24.1 Å². The van der Waals surface area contributed by atoms with E-state index in [0.717, 1.165) is 22.0 Å². The van der Waals surface area contributed by atoms with Crippen LogP contribution in [0.3, 0.4) is 0 Å². The fourth-order valence-corrected chi connectivity index (χ4v) is 3.87. The zero-order chi connectivity index (χ0) is 18.8. The number of hydrogen-bond donors (Lipinski definition) is 0. The van der Waals surface area contributed by atoms with E-state index in [4.69, 9.17) is 4.74 Å². The van der Waals surface area contributed by atoms with Gasteiger partial charge >= 0.3 is 0 Å². The Morgan fingerprint density at radius 3 is 2.56 bits per heavy atom. The summed E-state index contributed by atoms with van der Waals surface area (Å²) in [6, 6.07) is 14.7. The number of morpholine rings is 1. The molecule has 4 nitrogen and oxygen atoms in total. The second-order valence-electron chi connectivity index (χ2n) is 7.01. The van der Waals surface area contributed by atoms with Crippen LogP contribution in [-0.2, 0) is 16.6 Å². The summed E-state index contributed by atoms with van der Waals surface area (Å²) in [6.07, 6.45) is 2.45. The lowest BCUT2D eigenvalue weighted by Crippen LogP contribution is -2.41. The molecule has 0 spiro atoms. The van der Waals surface area contributed by atoms with Crippen LogP contribution in [0.1, 0.15) is 23.5 Å². The van der Waals surface area contributed by atoms with Gasteiger partial charge in [-0.3, -0.25) is 4.79 Å². The summed E-state index contributed by atoms with van der Waals surface area (Å²) < 4.78 is 20.9. The zero-order valence-corrected chi connectivity index (χ0v) is 15.4. The first-order valence-corrected chi connectivity index (χ1v) is 9.28. The van der Waals surface area contributed by atoms with Crippen LogP contribution in [0.15, 0.2) is 54.7 Å². The second-order valence-corrected chi connectivity index (χ2v) is 7.01. The van der Waals surface area contributed by atoms with Crippen LogP contribution < -0.4 is 0 Å². The predicted octanol–water partition coefficient (Wildman–Crippen LogP) is 3.70. The van der Waals surface area contributed by atoms with E-state index in [2.05, 4.69) is 22.9 Å². The number of aromatic nitrogens is 1. The van der Waals surface area contributed by atoms with E-state index in [-0.39, 0.29) is 17.6 Å². The van der Waals surface area contributed by atoms with Crippen LogP contribution in [0.5, 0.6) is 0 Å². The van der Waals surface area contributed by atoms with Crippen LogP contribution in [0.4, 0.5) is 4.39 Å². The molecule has 1 aliphatic rings. The number of aryl methyl sites for hydroxylation is 1. The van der Waals surface area contributed by atoms with E-state index >= 15 is 0 Å². The lowest BCUT2D eigenvalue weighted by molar-refractivity contribution is -0.135. The Kier molecular flexibility index (Phi) is 4.94. The highest BCUT2D eigenvalue weighted by molar-refractivity contribution is 5.86. The topological polar surface area (TPSA) is 34.5 Å². The largest absolute Gasteiger partial charge is 0.378 e. The van der Waals surface area contributed by atoms with Gasteiger partial charge < -0.3 is 14.2 Å². The third kappa shape index (κ3) is 3.60.